The fourth-order valence-corrected chi connectivity index (χ4v) is 5.18. The minimum atomic E-state index is -1.01. The van der Waals surface area contributed by atoms with Crippen LogP contribution < -0.4 is 21.7 Å². The molecule has 0 aromatic rings. The number of carboxylic acids is 2. The highest BCUT2D eigenvalue weighted by molar-refractivity contribution is 7.59. The molecule has 0 rings (SSSR count). The van der Waals surface area contributed by atoms with Crippen molar-refractivity contribution in [3.05, 3.63) is 0 Å². The van der Waals surface area contributed by atoms with Crippen molar-refractivity contribution >= 4 is 62.4 Å². The van der Waals surface area contributed by atoms with Crippen LogP contribution in [0.1, 0.15) is 162 Å². The van der Waals surface area contributed by atoms with E-state index in [0.717, 1.165) is 19.3 Å². The highest BCUT2D eigenvalue weighted by Crippen LogP contribution is 2.12. The minimum Gasteiger partial charge on any atom is -0.480 e. The van der Waals surface area contributed by atoms with Gasteiger partial charge in [0, 0.05) is 45.3 Å². The van der Waals surface area contributed by atoms with Crippen LogP contribution >= 0.6 is 27.0 Å². The fourth-order valence-electron chi connectivity index (χ4n) is 5.18. The first kappa shape index (κ1) is 61.2. The Morgan fingerprint density at radius 1 is 0.544 bits per heavy atom. The zero-order chi connectivity index (χ0) is 41.4. The molecule has 0 spiro atoms. The number of rotatable bonds is 38. The number of carbonyl (C=O) groups excluding carboxylic acids is 4. The number of ketones is 1. The summed E-state index contributed by atoms with van der Waals surface area (Å²) in [4.78, 5) is 67.6. The predicted octanol–water partition coefficient (Wildman–Crippen LogP) is 5.63. The second-order valence-electron chi connectivity index (χ2n) is 13.7. The number of hydrogen-bond acceptors (Lipinski definition) is 10. The van der Waals surface area contributed by atoms with Crippen molar-refractivity contribution in [3.8, 4) is 0 Å². The molecule has 7 N–H and O–H groups in total. The first-order chi connectivity index (χ1) is 26.5. The Morgan fingerprint density at radius 3 is 1.61 bits per heavy atom. The molecule has 0 radical (unpaired) electrons. The van der Waals surface area contributed by atoms with E-state index < -0.39 is 24.0 Å². The van der Waals surface area contributed by atoms with Crippen LogP contribution in [0.15, 0.2) is 0 Å². The highest BCUT2D eigenvalue weighted by atomic mass is 32.1. The monoisotopic (exact) mass is 857 g/mol. The Kier molecular flexibility index (Phi) is 49.7. The summed E-state index contributed by atoms with van der Waals surface area (Å²) in [7, 11) is 0. The topological polar surface area (TPSA) is 233 Å². The third-order valence-corrected chi connectivity index (χ3v) is 8.69. The maximum absolute atomic E-state index is 11.8. The van der Waals surface area contributed by atoms with Crippen molar-refractivity contribution in [2.75, 3.05) is 46.3 Å². The van der Waals surface area contributed by atoms with Crippen LogP contribution in [0.2, 0.25) is 0 Å². The molecule has 3 amide bonds. The number of Topliss-reactive ketones (excluding diaryl/α,β-unsaturated/α-hetero) is 1. The van der Waals surface area contributed by atoms with Gasteiger partial charge in [-0.1, -0.05) is 97.8 Å². The average molecular weight is 857 g/mol. The molecule has 0 aromatic heterocycles. The summed E-state index contributed by atoms with van der Waals surface area (Å²) in [5.41, 5.74) is 5.42. The Labute approximate surface area is 356 Å². The molecule has 0 saturated heterocycles. The van der Waals surface area contributed by atoms with Crippen molar-refractivity contribution < 1.29 is 53.2 Å². The molecular formula is C40H80N4O11S2. The number of hydrogen-bond donors (Lipinski definition) is 6. The SMILES string of the molecule is CCC(=O)NCOCCOCCOCCCNC(=O)CCC(=O)CCCCC[C@H](N)C(=O)O.CCCCCCCCCCCCCC(=O)N[C@@H](CC)C(=O)O.S.S. The lowest BCUT2D eigenvalue weighted by Crippen LogP contribution is -2.40. The Hall–Kier alpha value is -2.44. The highest BCUT2D eigenvalue weighted by Gasteiger charge is 2.17. The molecule has 0 heterocycles. The van der Waals surface area contributed by atoms with Crippen molar-refractivity contribution in [1.82, 2.24) is 16.0 Å². The maximum atomic E-state index is 11.8. The Morgan fingerprint density at radius 2 is 1.07 bits per heavy atom. The molecule has 57 heavy (non-hydrogen) atoms. The third kappa shape index (κ3) is 46.1. The molecule has 17 heteroatoms. The van der Waals surface area contributed by atoms with Gasteiger partial charge in [-0.25, -0.2) is 4.79 Å². The molecule has 0 aliphatic carbocycles. The van der Waals surface area contributed by atoms with E-state index in [0.29, 0.717) is 90.9 Å². The number of carbonyl (C=O) groups is 6. The quantitative estimate of drug-likeness (QED) is 0.0328. The predicted molar refractivity (Wildman–Crippen MR) is 233 cm³/mol. The van der Waals surface area contributed by atoms with Crippen molar-refractivity contribution in [2.24, 2.45) is 5.73 Å². The van der Waals surface area contributed by atoms with Crippen LogP contribution in [0.3, 0.4) is 0 Å². The second-order valence-corrected chi connectivity index (χ2v) is 13.7. The Balaban J connectivity index is -0.000000512. The lowest BCUT2D eigenvalue weighted by Gasteiger charge is -2.11. The number of unbranched alkanes of at least 4 members (excludes halogenated alkanes) is 12. The van der Waals surface area contributed by atoms with Gasteiger partial charge in [0.25, 0.3) is 0 Å². The number of carboxylic acid groups (broad SMARTS) is 2. The lowest BCUT2D eigenvalue weighted by molar-refractivity contribution is -0.142. The summed E-state index contributed by atoms with van der Waals surface area (Å²) >= 11 is 0. The smallest absolute Gasteiger partial charge is 0.326 e. The van der Waals surface area contributed by atoms with E-state index in [2.05, 4.69) is 22.9 Å². The van der Waals surface area contributed by atoms with E-state index in [1.807, 2.05) is 0 Å². The molecule has 0 aromatic carbocycles. The minimum absolute atomic E-state index is 0. The summed E-state index contributed by atoms with van der Waals surface area (Å²) in [6, 6.07) is -1.58. The van der Waals surface area contributed by atoms with Crippen LogP contribution in [0, 0.1) is 0 Å². The van der Waals surface area contributed by atoms with Gasteiger partial charge in [-0.05, 0) is 32.1 Å². The van der Waals surface area contributed by atoms with Gasteiger partial charge >= 0.3 is 11.9 Å². The van der Waals surface area contributed by atoms with Crippen LogP contribution in [-0.2, 0) is 43.0 Å². The standard InChI is InChI=1S/C22H41N3O8.C18H35NO3.2H2S/c1-2-20(27)25-17-33-16-15-32-14-13-31-12-6-11-24-21(28)10-9-18(26)7-4-3-5-8-19(23)22(29)30;1-3-5-6-7-8-9-10-11-12-13-14-15-17(20)19-16(4-2)18(21)22;;/h19H,2-17,23H2,1H3,(H,24,28)(H,25,27)(H,29,30);16H,3-15H2,1-2H3,(H,19,20)(H,21,22);2*1H2/t19-;16-;;/m00../s1. The maximum Gasteiger partial charge on any atom is 0.326 e. The van der Waals surface area contributed by atoms with Crippen molar-refractivity contribution in [3.63, 3.8) is 0 Å². The molecule has 0 unspecified atom stereocenters. The molecule has 0 aliphatic rings. The lowest BCUT2D eigenvalue weighted by atomic mass is 10.0. The summed E-state index contributed by atoms with van der Waals surface area (Å²) in [6.45, 7) is 8.61. The van der Waals surface area contributed by atoms with Crippen LogP contribution in [-0.4, -0.2) is 104 Å². The second kappa shape index (κ2) is 46.3. The number of ether oxygens (including phenoxy) is 3. The number of amides is 3. The summed E-state index contributed by atoms with van der Waals surface area (Å²) in [6.07, 6.45) is 19.0. The number of nitrogens with two attached hydrogens (primary N) is 1. The van der Waals surface area contributed by atoms with Crippen LogP contribution in [0.25, 0.3) is 0 Å². The van der Waals surface area contributed by atoms with Crippen LogP contribution in [0.5, 0.6) is 0 Å². The van der Waals surface area contributed by atoms with Gasteiger partial charge in [0.05, 0.1) is 26.4 Å². The van der Waals surface area contributed by atoms with Gasteiger partial charge in [0.15, 0.2) is 0 Å². The summed E-state index contributed by atoms with van der Waals surface area (Å²) in [5.74, 6) is -2.27. The molecule has 15 nitrogen and oxygen atoms in total. The molecule has 338 valence electrons. The zero-order valence-corrected chi connectivity index (χ0v) is 37.3. The van der Waals surface area contributed by atoms with Gasteiger partial charge < -0.3 is 46.1 Å². The Bertz CT molecular complexity index is 1010. The molecule has 0 bridgehead atoms. The van der Waals surface area contributed by atoms with Crippen LogP contribution in [0.4, 0.5) is 0 Å². The van der Waals surface area contributed by atoms with Gasteiger partial charge in [-0.2, -0.15) is 27.0 Å². The van der Waals surface area contributed by atoms with E-state index in [9.17, 15) is 28.8 Å². The number of aliphatic carboxylic acids is 2. The summed E-state index contributed by atoms with van der Waals surface area (Å²) in [5, 5.41) is 25.5. The number of nitrogens with one attached hydrogen (secondary N) is 3. The van der Waals surface area contributed by atoms with E-state index in [1.165, 1.54) is 57.8 Å². The zero-order valence-electron chi connectivity index (χ0n) is 35.3. The van der Waals surface area contributed by atoms with E-state index >= 15 is 0 Å². The van der Waals surface area contributed by atoms with Gasteiger partial charge in [0.1, 0.15) is 24.6 Å². The largest absolute Gasteiger partial charge is 0.480 e. The van der Waals surface area contributed by atoms with Gasteiger partial charge in [0.2, 0.25) is 17.7 Å². The molecule has 0 fully saturated rings. The fraction of sp³-hybridized carbons (Fsp3) is 0.850. The van der Waals surface area contributed by atoms with E-state index in [-0.39, 0.29) is 70.1 Å². The van der Waals surface area contributed by atoms with Crippen molar-refractivity contribution in [1.29, 1.82) is 0 Å². The first-order valence-corrected chi connectivity index (χ1v) is 20.8. The van der Waals surface area contributed by atoms with Crippen molar-refractivity contribution in [2.45, 2.75) is 174 Å². The third-order valence-electron chi connectivity index (χ3n) is 8.69. The average Bonchev–Trinajstić information content (AvgIpc) is 3.16. The molecule has 0 aliphatic heterocycles. The molecule has 2 atom stereocenters. The molecular weight excluding hydrogens is 777 g/mol. The summed E-state index contributed by atoms with van der Waals surface area (Å²) < 4.78 is 15.9. The van der Waals surface area contributed by atoms with Gasteiger partial charge in [-0.15, -0.1) is 0 Å². The first-order valence-electron chi connectivity index (χ1n) is 20.8. The normalized spacial score (nSPS) is 11.4. The van der Waals surface area contributed by atoms with Gasteiger partial charge in [-0.3, -0.25) is 24.0 Å². The van der Waals surface area contributed by atoms with E-state index in [4.69, 9.17) is 30.2 Å². The molecule has 0 saturated carbocycles. The van der Waals surface area contributed by atoms with E-state index in [1.54, 1.807) is 13.8 Å².